The number of ether oxygens (including phenoxy) is 1. The zero-order valence-electron chi connectivity index (χ0n) is 11.0. The Morgan fingerprint density at radius 1 is 1.26 bits per heavy atom. The maximum absolute atomic E-state index is 12.8. The zero-order valence-corrected chi connectivity index (χ0v) is 11.0. The Morgan fingerprint density at radius 3 is 2.79 bits per heavy atom. The summed E-state index contributed by atoms with van der Waals surface area (Å²) in [6.07, 6.45) is 3.83. The Morgan fingerprint density at radius 2 is 2.05 bits per heavy atom. The summed E-state index contributed by atoms with van der Waals surface area (Å²) in [6.45, 7) is 2.94. The highest BCUT2D eigenvalue weighted by molar-refractivity contribution is 5.16. The Balaban J connectivity index is 1.85. The highest BCUT2D eigenvalue weighted by atomic mass is 19.1. The van der Waals surface area contributed by atoms with E-state index in [1.165, 1.54) is 12.1 Å². The van der Waals surface area contributed by atoms with Gasteiger partial charge in [-0.15, -0.1) is 0 Å². The van der Waals surface area contributed by atoms with E-state index in [4.69, 9.17) is 4.74 Å². The lowest BCUT2D eigenvalue weighted by Gasteiger charge is -2.02. The van der Waals surface area contributed by atoms with Crippen LogP contribution in [0.3, 0.4) is 0 Å². The van der Waals surface area contributed by atoms with Crippen molar-refractivity contribution in [3.63, 3.8) is 0 Å². The predicted molar refractivity (Wildman–Crippen MR) is 71.3 cm³/mol. The Bertz CT molecular complexity index is 496. The highest BCUT2D eigenvalue weighted by Gasteiger charge is 2.00. The van der Waals surface area contributed by atoms with E-state index in [1.54, 1.807) is 19.2 Å². The maximum Gasteiger partial charge on any atom is 0.123 e. The van der Waals surface area contributed by atoms with Gasteiger partial charge in [0.15, 0.2) is 0 Å². The van der Waals surface area contributed by atoms with Gasteiger partial charge in [-0.25, -0.2) is 4.39 Å². The topological polar surface area (TPSA) is 39.1 Å². The summed E-state index contributed by atoms with van der Waals surface area (Å²) in [7, 11) is 1.68. The molecule has 1 aromatic heterocycles. The molecule has 4 nitrogen and oxygen atoms in total. The Labute approximate surface area is 112 Å². The van der Waals surface area contributed by atoms with Crippen LogP contribution in [0.4, 0.5) is 4.39 Å². The molecule has 0 bridgehead atoms. The van der Waals surface area contributed by atoms with Crippen molar-refractivity contribution in [3.8, 4) is 0 Å². The number of halogens is 1. The van der Waals surface area contributed by atoms with Crippen molar-refractivity contribution in [1.29, 1.82) is 0 Å². The van der Waals surface area contributed by atoms with Crippen LogP contribution in [0.5, 0.6) is 0 Å². The lowest BCUT2D eigenvalue weighted by molar-refractivity contribution is 0.199. The number of hydrogen-bond acceptors (Lipinski definition) is 3. The van der Waals surface area contributed by atoms with E-state index in [9.17, 15) is 4.39 Å². The van der Waals surface area contributed by atoms with Crippen LogP contribution in [0.25, 0.3) is 0 Å². The SMILES string of the molecule is COCCNCc1cnn(Cc2ccc(F)cc2)c1. The molecule has 2 rings (SSSR count). The summed E-state index contributed by atoms with van der Waals surface area (Å²) in [4.78, 5) is 0. The van der Waals surface area contributed by atoms with Gasteiger partial charge in [0.25, 0.3) is 0 Å². The van der Waals surface area contributed by atoms with Crippen molar-refractivity contribution in [2.45, 2.75) is 13.1 Å². The molecule has 1 heterocycles. The number of benzene rings is 1. The van der Waals surface area contributed by atoms with Crippen LogP contribution in [0.15, 0.2) is 36.7 Å². The molecule has 0 unspecified atom stereocenters. The van der Waals surface area contributed by atoms with E-state index in [2.05, 4.69) is 10.4 Å². The van der Waals surface area contributed by atoms with Crippen LogP contribution in [0.2, 0.25) is 0 Å². The molecule has 5 heteroatoms. The summed E-state index contributed by atoms with van der Waals surface area (Å²) in [5, 5.41) is 7.54. The minimum atomic E-state index is -0.216. The first-order valence-electron chi connectivity index (χ1n) is 6.23. The normalized spacial score (nSPS) is 10.8. The van der Waals surface area contributed by atoms with Gasteiger partial charge < -0.3 is 10.1 Å². The third-order valence-corrected chi connectivity index (χ3v) is 2.76. The number of rotatable bonds is 7. The lowest BCUT2D eigenvalue weighted by atomic mass is 10.2. The molecule has 0 fully saturated rings. The number of nitrogens with zero attached hydrogens (tertiary/aromatic N) is 2. The molecule has 19 heavy (non-hydrogen) atoms. The molecule has 0 spiro atoms. The molecule has 0 aliphatic rings. The fraction of sp³-hybridized carbons (Fsp3) is 0.357. The molecule has 0 atom stereocenters. The van der Waals surface area contributed by atoms with E-state index >= 15 is 0 Å². The predicted octanol–water partition coefficient (Wildman–Crippen LogP) is 1.81. The average Bonchev–Trinajstić information content (AvgIpc) is 2.85. The van der Waals surface area contributed by atoms with Gasteiger partial charge >= 0.3 is 0 Å². The lowest BCUT2D eigenvalue weighted by Crippen LogP contribution is -2.18. The van der Waals surface area contributed by atoms with Crippen molar-refractivity contribution in [1.82, 2.24) is 15.1 Å². The second kappa shape index (κ2) is 7.01. The van der Waals surface area contributed by atoms with Gasteiger partial charge in [0, 0.05) is 32.0 Å². The summed E-state index contributed by atoms with van der Waals surface area (Å²) in [5.41, 5.74) is 2.15. The smallest absolute Gasteiger partial charge is 0.123 e. The van der Waals surface area contributed by atoms with Gasteiger partial charge in [0.2, 0.25) is 0 Å². The van der Waals surface area contributed by atoms with Gasteiger partial charge in [-0.05, 0) is 17.7 Å². The van der Waals surface area contributed by atoms with Crippen LogP contribution in [0.1, 0.15) is 11.1 Å². The van der Waals surface area contributed by atoms with Crippen LogP contribution in [0, 0.1) is 5.82 Å². The Kier molecular flexibility index (Phi) is 5.06. The van der Waals surface area contributed by atoms with Crippen LogP contribution >= 0.6 is 0 Å². The monoisotopic (exact) mass is 263 g/mol. The first-order valence-corrected chi connectivity index (χ1v) is 6.23. The number of methoxy groups -OCH3 is 1. The van der Waals surface area contributed by atoms with E-state index in [0.29, 0.717) is 13.2 Å². The molecular weight excluding hydrogens is 245 g/mol. The number of nitrogens with one attached hydrogen (secondary N) is 1. The zero-order chi connectivity index (χ0) is 13.5. The molecule has 2 aromatic rings. The fourth-order valence-electron chi connectivity index (χ4n) is 1.77. The number of hydrogen-bond donors (Lipinski definition) is 1. The van der Waals surface area contributed by atoms with Gasteiger partial charge in [-0.1, -0.05) is 12.1 Å². The summed E-state index contributed by atoms with van der Waals surface area (Å²) in [6, 6.07) is 6.47. The minimum absolute atomic E-state index is 0.216. The van der Waals surface area contributed by atoms with Crippen LogP contribution in [-0.4, -0.2) is 30.0 Å². The van der Waals surface area contributed by atoms with Crippen molar-refractivity contribution < 1.29 is 9.13 Å². The van der Waals surface area contributed by atoms with E-state index in [0.717, 1.165) is 24.2 Å². The largest absolute Gasteiger partial charge is 0.383 e. The third-order valence-electron chi connectivity index (χ3n) is 2.76. The molecular formula is C14H18FN3O. The Hall–Kier alpha value is -1.72. The first-order chi connectivity index (χ1) is 9.28. The highest BCUT2D eigenvalue weighted by Crippen LogP contribution is 2.06. The van der Waals surface area contributed by atoms with E-state index in [-0.39, 0.29) is 5.82 Å². The van der Waals surface area contributed by atoms with Crippen molar-refractivity contribution in [3.05, 3.63) is 53.6 Å². The minimum Gasteiger partial charge on any atom is -0.383 e. The molecule has 0 saturated heterocycles. The molecule has 102 valence electrons. The first kappa shape index (κ1) is 13.7. The molecule has 0 radical (unpaired) electrons. The summed E-state index contributed by atoms with van der Waals surface area (Å²) < 4.78 is 19.6. The van der Waals surface area contributed by atoms with Gasteiger partial charge in [0.05, 0.1) is 19.3 Å². The van der Waals surface area contributed by atoms with Crippen molar-refractivity contribution in [2.24, 2.45) is 0 Å². The second-order valence-electron chi connectivity index (χ2n) is 4.34. The summed E-state index contributed by atoms with van der Waals surface area (Å²) in [5.74, 6) is -0.216. The number of aromatic nitrogens is 2. The van der Waals surface area contributed by atoms with Gasteiger partial charge in [0.1, 0.15) is 5.82 Å². The second-order valence-corrected chi connectivity index (χ2v) is 4.34. The van der Waals surface area contributed by atoms with Crippen LogP contribution in [-0.2, 0) is 17.8 Å². The molecule has 1 aromatic carbocycles. The van der Waals surface area contributed by atoms with Crippen LogP contribution < -0.4 is 5.32 Å². The molecule has 0 aliphatic heterocycles. The molecule has 0 amide bonds. The van der Waals surface area contributed by atoms with Gasteiger partial charge in [-0.2, -0.15) is 5.10 Å². The molecule has 1 N–H and O–H groups in total. The fourth-order valence-corrected chi connectivity index (χ4v) is 1.77. The van der Waals surface area contributed by atoms with E-state index in [1.807, 2.05) is 17.1 Å². The quantitative estimate of drug-likeness (QED) is 0.774. The standard InChI is InChI=1S/C14H18FN3O/c1-19-7-6-16-8-13-9-17-18(11-13)10-12-2-4-14(15)5-3-12/h2-5,9,11,16H,6-8,10H2,1H3. The summed E-state index contributed by atoms with van der Waals surface area (Å²) >= 11 is 0. The molecule has 0 saturated carbocycles. The third kappa shape index (κ3) is 4.46. The van der Waals surface area contributed by atoms with Gasteiger partial charge in [-0.3, -0.25) is 4.68 Å². The maximum atomic E-state index is 12.8. The van der Waals surface area contributed by atoms with E-state index < -0.39 is 0 Å². The van der Waals surface area contributed by atoms with Crippen molar-refractivity contribution in [2.75, 3.05) is 20.3 Å². The average molecular weight is 263 g/mol. The molecule has 0 aliphatic carbocycles. The van der Waals surface area contributed by atoms with Crippen molar-refractivity contribution >= 4 is 0 Å².